The average molecular weight is 228 g/mol. The fraction of sp³-hybridized carbons (Fsp3) is 0.818. The molecule has 0 aliphatic carbocycles. The maximum atomic E-state index is 11.6. The molecule has 0 aromatic carbocycles. The van der Waals surface area contributed by atoms with Crippen LogP contribution in [0.5, 0.6) is 0 Å². The Morgan fingerprint density at radius 1 is 1.31 bits per heavy atom. The fourth-order valence-corrected chi connectivity index (χ4v) is 1.61. The minimum absolute atomic E-state index is 0.0732. The number of aliphatic hydroxyl groups is 1. The van der Waals surface area contributed by atoms with Gasteiger partial charge in [-0.05, 0) is 5.92 Å². The van der Waals surface area contributed by atoms with Gasteiger partial charge in [0.2, 0.25) is 11.8 Å². The molecule has 1 fully saturated rings. The Labute approximate surface area is 96.0 Å². The summed E-state index contributed by atoms with van der Waals surface area (Å²) in [5.41, 5.74) is 0. The van der Waals surface area contributed by atoms with Crippen molar-refractivity contribution >= 4 is 11.8 Å². The summed E-state index contributed by atoms with van der Waals surface area (Å²) < 4.78 is 0. The standard InChI is InChI=1S/C11H20N2O3/c1-4-8(2)9(14)5-13-7-10(15)12(3)6-11(13)16/h8-9,14H,4-7H2,1-3H3. The first-order valence-electron chi connectivity index (χ1n) is 5.65. The molecular weight excluding hydrogens is 208 g/mol. The second-order valence-electron chi connectivity index (χ2n) is 4.48. The fourth-order valence-electron chi connectivity index (χ4n) is 1.61. The number of rotatable bonds is 4. The molecule has 1 heterocycles. The first kappa shape index (κ1) is 13.0. The van der Waals surface area contributed by atoms with Crippen LogP contribution in [0.15, 0.2) is 0 Å². The lowest BCUT2D eigenvalue weighted by atomic mass is 10.0. The smallest absolute Gasteiger partial charge is 0.242 e. The van der Waals surface area contributed by atoms with E-state index in [9.17, 15) is 14.7 Å². The van der Waals surface area contributed by atoms with E-state index in [1.54, 1.807) is 7.05 Å². The highest BCUT2D eigenvalue weighted by molar-refractivity contribution is 5.92. The van der Waals surface area contributed by atoms with E-state index in [1.165, 1.54) is 9.80 Å². The van der Waals surface area contributed by atoms with E-state index in [0.717, 1.165) is 6.42 Å². The van der Waals surface area contributed by atoms with Gasteiger partial charge in [0.15, 0.2) is 0 Å². The van der Waals surface area contributed by atoms with Gasteiger partial charge in [0, 0.05) is 13.6 Å². The van der Waals surface area contributed by atoms with Crippen LogP contribution in [0, 0.1) is 5.92 Å². The van der Waals surface area contributed by atoms with Crippen molar-refractivity contribution in [2.75, 3.05) is 26.7 Å². The molecule has 5 heteroatoms. The number of hydrogen-bond donors (Lipinski definition) is 1. The van der Waals surface area contributed by atoms with Gasteiger partial charge in [0.05, 0.1) is 19.2 Å². The number of piperazine rings is 1. The number of carbonyl (C=O) groups is 2. The topological polar surface area (TPSA) is 60.9 Å². The van der Waals surface area contributed by atoms with E-state index in [1.807, 2.05) is 13.8 Å². The molecule has 2 atom stereocenters. The van der Waals surface area contributed by atoms with Crippen molar-refractivity contribution in [2.24, 2.45) is 5.92 Å². The highest BCUT2D eigenvalue weighted by atomic mass is 16.3. The molecule has 2 unspecified atom stereocenters. The summed E-state index contributed by atoms with van der Waals surface area (Å²) in [6, 6.07) is 0. The van der Waals surface area contributed by atoms with E-state index < -0.39 is 6.10 Å². The van der Waals surface area contributed by atoms with Crippen molar-refractivity contribution in [1.82, 2.24) is 9.80 Å². The van der Waals surface area contributed by atoms with Gasteiger partial charge in [0.1, 0.15) is 0 Å². The van der Waals surface area contributed by atoms with Crippen LogP contribution in [0.2, 0.25) is 0 Å². The van der Waals surface area contributed by atoms with E-state index in [4.69, 9.17) is 0 Å². The minimum atomic E-state index is -0.551. The van der Waals surface area contributed by atoms with Crippen LogP contribution in [0.1, 0.15) is 20.3 Å². The summed E-state index contributed by atoms with van der Waals surface area (Å²) in [5, 5.41) is 9.82. The number of amides is 2. The van der Waals surface area contributed by atoms with Crippen LogP contribution in [0.3, 0.4) is 0 Å². The third-order valence-electron chi connectivity index (χ3n) is 3.19. The van der Waals surface area contributed by atoms with Gasteiger partial charge in [-0.15, -0.1) is 0 Å². The van der Waals surface area contributed by atoms with Gasteiger partial charge in [-0.1, -0.05) is 20.3 Å². The Kier molecular flexibility index (Phi) is 4.29. The van der Waals surface area contributed by atoms with Crippen LogP contribution in [0.4, 0.5) is 0 Å². The molecular formula is C11H20N2O3. The molecule has 0 aromatic heterocycles. The van der Waals surface area contributed by atoms with E-state index >= 15 is 0 Å². The molecule has 1 aliphatic rings. The van der Waals surface area contributed by atoms with Gasteiger partial charge in [-0.2, -0.15) is 0 Å². The lowest BCUT2D eigenvalue weighted by Gasteiger charge is -2.33. The second kappa shape index (κ2) is 5.30. The Morgan fingerprint density at radius 3 is 2.50 bits per heavy atom. The molecule has 2 amide bonds. The normalized spacial score (nSPS) is 21.2. The molecule has 0 bridgehead atoms. The van der Waals surface area contributed by atoms with Crippen molar-refractivity contribution in [3.8, 4) is 0 Å². The van der Waals surface area contributed by atoms with Gasteiger partial charge in [-0.3, -0.25) is 9.59 Å². The summed E-state index contributed by atoms with van der Waals surface area (Å²) in [4.78, 5) is 25.9. The third kappa shape index (κ3) is 2.95. The molecule has 16 heavy (non-hydrogen) atoms. The lowest BCUT2D eigenvalue weighted by Crippen LogP contribution is -2.54. The van der Waals surface area contributed by atoms with Crippen molar-refractivity contribution in [2.45, 2.75) is 26.4 Å². The molecule has 1 N–H and O–H groups in total. The zero-order valence-electron chi connectivity index (χ0n) is 10.1. The molecule has 0 spiro atoms. The summed E-state index contributed by atoms with van der Waals surface area (Å²) in [6.07, 6.45) is 0.307. The summed E-state index contributed by atoms with van der Waals surface area (Å²) in [5.74, 6) is -0.0250. The number of carbonyl (C=O) groups excluding carboxylic acids is 2. The largest absolute Gasteiger partial charge is 0.391 e. The average Bonchev–Trinajstić information content (AvgIpc) is 2.24. The first-order valence-corrected chi connectivity index (χ1v) is 5.65. The molecule has 0 aromatic rings. The van der Waals surface area contributed by atoms with Crippen LogP contribution < -0.4 is 0 Å². The monoisotopic (exact) mass is 228 g/mol. The molecule has 1 saturated heterocycles. The number of nitrogens with zero attached hydrogens (tertiary/aromatic N) is 2. The van der Waals surface area contributed by atoms with Gasteiger partial charge in [-0.25, -0.2) is 0 Å². The van der Waals surface area contributed by atoms with E-state index in [0.29, 0.717) is 0 Å². The Morgan fingerprint density at radius 2 is 1.94 bits per heavy atom. The second-order valence-corrected chi connectivity index (χ2v) is 4.48. The third-order valence-corrected chi connectivity index (χ3v) is 3.19. The predicted octanol–water partition coefficient (Wildman–Crippen LogP) is -0.306. The Balaban J connectivity index is 2.54. The number of aliphatic hydroxyl groups excluding tert-OH is 1. The number of hydrogen-bond acceptors (Lipinski definition) is 3. The predicted molar refractivity (Wildman–Crippen MR) is 59.7 cm³/mol. The lowest BCUT2D eigenvalue weighted by molar-refractivity contribution is -0.150. The summed E-state index contributed by atoms with van der Waals surface area (Å²) >= 11 is 0. The molecule has 0 saturated carbocycles. The zero-order valence-corrected chi connectivity index (χ0v) is 10.1. The molecule has 1 aliphatic heterocycles. The van der Waals surface area contributed by atoms with Crippen molar-refractivity contribution in [3.63, 3.8) is 0 Å². The summed E-state index contributed by atoms with van der Waals surface area (Å²) in [6.45, 7) is 4.39. The molecule has 1 rings (SSSR count). The van der Waals surface area contributed by atoms with E-state index in [-0.39, 0.29) is 37.4 Å². The Bertz CT molecular complexity index is 280. The summed E-state index contributed by atoms with van der Waals surface area (Å²) in [7, 11) is 1.61. The highest BCUT2D eigenvalue weighted by Gasteiger charge is 2.29. The first-order chi connectivity index (χ1) is 7.45. The highest BCUT2D eigenvalue weighted by Crippen LogP contribution is 2.11. The zero-order chi connectivity index (χ0) is 12.3. The van der Waals surface area contributed by atoms with Crippen molar-refractivity contribution in [1.29, 1.82) is 0 Å². The van der Waals surface area contributed by atoms with Crippen LogP contribution >= 0.6 is 0 Å². The maximum Gasteiger partial charge on any atom is 0.242 e. The van der Waals surface area contributed by atoms with E-state index in [2.05, 4.69) is 0 Å². The SMILES string of the molecule is CCC(C)C(O)CN1CC(=O)N(C)CC1=O. The van der Waals surface area contributed by atoms with Gasteiger partial charge >= 0.3 is 0 Å². The van der Waals surface area contributed by atoms with Gasteiger partial charge in [0.25, 0.3) is 0 Å². The quantitative estimate of drug-likeness (QED) is 0.718. The van der Waals surface area contributed by atoms with Crippen LogP contribution in [-0.4, -0.2) is 59.5 Å². The van der Waals surface area contributed by atoms with Crippen molar-refractivity contribution < 1.29 is 14.7 Å². The number of likely N-dealkylation sites (N-methyl/N-ethyl adjacent to an activating group) is 1. The maximum absolute atomic E-state index is 11.6. The molecule has 5 nitrogen and oxygen atoms in total. The Hall–Kier alpha value is -1.10. The van der Waals surface area contributed by atoms with Gasteiger partial charge < -0.3 is 14.9 Å². The van der Waals surface area contributed by atoms with Crippen LogP contribution in [-0.2, 0) is 9.59 Å². The molecule has 92 valence electrons. The minimum Gasteiger partial charge on any atom is -0.391 e. The van der Waals surface area contributed by atoms with Crippen molar-refractivity contribution in [3.05, 3.63) is 0 Å². The molecule has 0 radical (unpaired) electrons. The van der Waals surface area contributed by atoms with Crippen LogP contribution in [0.25, 0.3) is 0 Å². The number of β-amino-alcohol motifs (C(OH)–C–C–N with tert-alkyl or cyclic N) is 1.